The number of ether oxygens (including phenoxy) is 11. The summed E-state index contributed by atoms with van der Waals surface area (Å²) in [5.41, 5.74) is 4.85. The number of benzene rings is 6. The number of hydrogen-bond acceptors (Lipinski definition) is 11. The van der Waals surface area contributed by atoms with Gasteiger partial charge in [0.05, 0.1) is 46.2 Å². The maximum absolute atomic E-state index is 7.39. The van der Waals surface area contributed by atoms with Gasteiger partial charge in [-0.15, -0.1) is 0 Å². The molecule has 0 aliphatic carbocycles. The van der Waals surface area contributed by atoms with Gasteiger partial charge in [0.2, 0.25) is 6.29 Å². The van der Waals surface area contributed by atoms with E-state index in [1.165, 1.54) is 0 Å². The smallest absolute Gasteiger partial charge is 0.229 e. The first-order valence-electron chi connectivity index (χ1n) is 22.3. The van der Waals surface area contributed by atoms with E-state index in [9.17, 15) is 0 Å². The molecule has 3 aliphatic rings. The highest BCUT2D eigenvalue weighted by molar-refractivity contribution is 5.31. The number of hydrogen-bond donors (Lipinski definition) is 0. The molecule has 0 radical (unpaired) electrons. The molecular weight excluding hydrogens is 825 g/mol. The Hall–Kier alpha value is -5.44. The topological polar surface area (TPSA) is 102 Å². The van der Waals surface area contributed by atoms with E-state index >= 15 is 0 Å². The lowest BCUT2D eigenvalue weighted by Gasteiger charge is -2.51. The summed E-state index contributed by atoms with van der Waals surface area (Å²) in [7, 11) is 1.63. The van der Waals surface area contributed by atoms with Crippen LogP contribution < -0.4 is 9.47 Å². The average Bonchev–Trinajstić information content (AvgIpc) is 3.36. The van der Waals surface area contributed by atoms with Gasteiger partial charge >= 0.3 is 0 Å². The van der Waals surface area contributed by atoms with Crippen molar-refractivity contribution in [2.45, 2.75) is 101 Å². The normalized spacial score (nSPS) is 27.6. The molecule has 0 bridgehead atoms. The summed E-state index contributed by atoms with van der Waals surface area (Å²) < 4.78 is 74.1. The maximum atomic E-state index is 7.39. The fourth-order valence-corrected chi connectivity index (χ4v) is 8.44. The molecule has 6 aromatic carbocycles. The van der Waals surface area contributed by atoms with Gasteiger partial charge in [-0.25, -0.2) is 0 Å². The van der Waals surface area contributed by atoms with Crippen LogP contribution >= 0.6 is 0 Å². The second kappa shape index (κ2) is 22.2. The van der Waals surface area contributed by atoms with Gasteiger partial charge in [-0.05, 0) is 53.4 Å². The van der Waals surface area contributed by atoms with Gasteiger partial charge in [0.25, 0.3) is 0 Å². The Morgan fingerprint density at radius 2 is 0.892 bits per heavy atom. The van der Waals surface area contributed by atoms with Crippen molar-refractivity contribution in [2.24, 2.45) is 0 Å². The zero-order valence-corrected chi connectivity index (χ0v) is 36.6. The van der Waals surface area contributed by atoms with Crippen LogP contribution in [0, 0.1) is 0 Å². The molecule has 3 heterocycles. The zero-order chi connectivity index (χ0) is 44.2. The van der Waals surface area contributed by atoms with Crippen molar-refractivity contribution >= 4 is 0 Å². The summed E-state index contributed by atoms with van der Waals surface area (Å²) in [6, 6.07) is 57.3. The quantitative estimate of drug-likeness (QED) is 0.0826. The van der Waals surface area contributed by atoms with Crippen LogP contribution in [-0.2, 0) is 69.1 Å². The molecular formula is C54H56O11. The van der Waals surface area contributed by atoms with E-state index in [2.05, 4.69) is 0 Å². The zero-order valence-electron chi connectivity index (χ0n) is 36.6. The predicted octanol–water partition coefficient (Wildman–Crippen LogP) is 9.38. The van der Waals surface area contributed by atoms with Crippen LogP contribution in [-0.4, -0.2) is 75.1 Å². The van der Waals surface area contributed by atoms with Crippen molar-refractivity contribution in [1.29, 1.82) is 0 Å². The number of methoxy groups -OCH3 is 1. The minimum absolute atomic E-state index is 0.200. The Morgan fingerprint density at radius 3 is 1.40 bits per heavy atom. The van der Waals surface area contributed by atoms with Crippen molar-refractivity contribution in [1.82, 2.24) is 0 Å². The standard InChI is InChI=1S/C54H56O11/c1-37-46(56-32-38-18-8-3-9-19-38)48(57-33-39-20-10-4-11-21-39)50(58-34-40-22-12-5-13-23-40)53(61-37)65-49-47-45(36-60-52(64-47)42-26-16-7-17-27-42)63-54(62-44-30-28-43(55-2)29-31-44)51(49)59-35-41-24-14-6-15-25-41/h3-31,37,45-54H,32-36H2,1-2H3/t37-,45-,46+,47+,48-,49+,50-,51-,52+,53-,54-/m1/s1. The van der Waals surface area contributed by atoms with Gasteiger partial charge in [-0.3, -0.25) is 0 Å². The molecule has 0 spiro atoms. The minimum Gasteiger partial charge on any atom is -0.497 e. The third kappa shape index (κ3) is 11.5. The van der Waals surface area contributed by atoms with Crippen molar-refractivity contribution in [2.75, 3.05) is 13.7 Å². The van der Waals surface area contributed by atoms with Gasteiger partial charge in [0, 0.05) is 5.56 Å². The highest BCUT2D eigenvalue weighted by atomic mass is 16.8. The van der Waals surface area contributed by atoms with Crippen molar-refractivity contribution in [3.8, 4) is 11.5 Å². The fraction of sp³-hybridized carbons (Fsp3) is 0.333. The lowest BCUT2D eigenvalue weighted by atomic mass is 9.95. The van der Waals surface area contributed by atoms with E-state index in [4.69, 9.17) is 52.1 Å². The third-order valence-corrected chi connectivity index (χ3v) is 11.8. The highest BCUT2D eigenvalue weighted by Crippen LogP contribution is 2.40. The molecule has 338 valence electrons. The molecule has 0 unspecified atom stereocenters. The molecule has 65 heavy (non-hydrogen) atoms. The lowest BCUT2D eigenvalue weighted by molar-refractivity contribution is -0.393. The first-order valence-corrected chi connectivity index (χ1v) is 22.3. The summed E-state index contributed by atoms with van der Waals surface area (Å²) in [4.78, 5) is 0. The van der Waals surface area contributed by atoms with Crippen LogP contribution in [0.4, 0.5) is 0 Å². The van der Waals surface area contributed by atoms with Crippen molar-refractivity contribution in [3.05, 3.63) is 204 Å². The SMILES string of the molecule is COc1ccc(O[C@@H]2O[C@@H]3CO[C@H](c4ccccc4)O[C@@H]3[C@H](O[C@H]3O[C@H](C)[C@H](OCc4ccccc4)[C@@H](OCc4ccccc4)[C@H]3OCc3ccccc3)[C@H]2OCc2ccccc2)cc1. The van der Waals surface area contributed by atoms with Gasteiger partial charge < -0.3 is 52.1 Å². The van der Waals surface area contributed by atoms with E-state index in [0.29, 0.717) is 24.7 Å². The molecule has 0 N–H and O–H groups in total. The van der Waals surface area contributed by atoms with E-state index in [-0.39, 0.29) is 19.8 Å². The molecule has 9 rings (SSSR count). The summed E-state index contributed by atoms with van der Waals surface area (Å²) in [6.07, 6.45) is -8.14. The molecule has 3 saturated heterocycles. The molecule has 3 fully saturated rings. The predicted molar refractivity (Wildman–Crippen MR) is 242 cm³/mol. The molecule has 6 aromatic rings. The Labute approximate surface area is 381 Å². The summed E-state index contributed by atoms with van der Waals surface area (Å²) in [5, 5.41) is 0. The lowest BCUT2D eigenvalue weighted by Crippen LogP contribution is -2.67. The Bertz CT molecular complexity index is 2290. The van der Waals surface area contributed by atoms with Crippen LogP contribution in [0.15, 0.2) is 176 Å². The minimum atomic E-state index is -0.999. The van der Waals surface area contributed by atoms with Crippen LogP contribution in [0.5, 0.6) is 11.5 Å². The second-order valence-electron chi connectivity index (χ2n) is 16.4. The van der Waals surface area contributed by atoms with Gasteiger partial charge in [0.1, 0.15) is 54.2 Å². The Kier molecular flexibility index (Phi) is 15.3. The van der Waals surface area contributed by atoms with Crippen molar-refractivity contribution in [3.63, 3.8) is 0 Å². The summed E-state index contributed by atoms with van der Waals surface area (Å²) in [6.45, 7) is 3.34. The van der Waals surface area contributed by atoms with Crippen LogP contribution in [0.1, 0.15) is 41.0 Å². The molecule has 0 amide bonds. The number of rotatable bonds is 18. The Balaban J connectivity index is 1.09. The maximum Gasteiger partial charge on any atom is 0.229 e. The van der Waals surface area contributed by atoms with Gasteiger partial charge in [0.15, 0.2) is 12.6 Å². The van der Waals surface area contributed by atoms with Gasteiger partial charge in [-0.2, -0.15) is 0 Å². The third-order valence-electron chi connectivity index (χ3n) is 11.8. The van der Waals surface area contributed by atoms with Gasteiger partial charge in [-0.1, -0.05) is 152 Å². The van der Waals surface area contributed by atoms with E-state index in [1.54, 1.807) is 7.11 Å². The Morgan fingerprint density at radius 1 is 0.446 bits per heavy atom. The van der Waals surface area contributed by atoms with E-state index in [1.807, 2.05) is 183 Å². The van der Waals surface area contributed by atoms with E-state index < -0.39 is 67.7 Å². The molecule has 0 saturated carbocycles. The fourth-order valence-electron chi connectivity index (χ4n) is 8.44. The van der Waals surface area contributed by atoms with Crippen LogP contribution in [0.3, 0.4) is 0 Å². The van der Waals surface area contributed by atoms with Crippen LogP contribution in [0.2, 0.25) is 0 Å². The molecule has 3 aliphatic heterocycles. The highest BCUT2D eigenvalue weighted by Gasteiger charge is 2.56. The summed E-state index contributed by atoms with van der Waals surface area (Å²) >= 11 is 0. The average molecular weight is 881 g/mol. The first kappa shape index (κ1) is 44.7. The number of fused-ring (bicyclic) bond motifs is 1. The second-order valence-corrected chi connectivity index (χ2v) is 16.4. The first-order chi connectivity index (χ1) is 32.1. The van der Waals surface area contributed by atoms with Crippen molar-refractivity contribution < 1.29 is 52.1 Å². The monoisotopic (exact) mass is 880 g/mol. The molecule has 11 atom stereocenters. The largest absolute Gasteiger partial charge is 0.497 e. The van der Waals surface area contributed by atoms with E-state index in [0.717, 1.165) is 27.8 Å². The summed E-state index contributed by atoms with van der Waals surface area (Å²) in [5.74, 6) is 1.25. The molecule has 11 nitrogen and oxygen atoms in total. The van der Waals surface area contributed by atoms with Crippen LogP contribution in [0.25, 0.3) is 0 Å². The molecule has 11 heteroatoms. The molecule has 0 aromatic heterocycles.